The lowest BCUT2D eigenvalue weighted by Gasteiger charge is -2.21. The molecule has 0 unspecified atom stereocenters. The molecule has 0 bridgehead atoms. The van der Waals surface area contributed by atoms with Gasteiger partial charge in [-0.1, -0.05) is 143 Å². The van der Waals surface area contributed by atoms with E-state index in [0.717, 1.165) is 6.42 Å². The molecule has 2 heterocycles. The van der Waals surface area contributed by atoms with Crippen LogP contribution in [0.2, 0.25) is 0 Å². The Morgan fingerprint density at radius 1 is 0.491 bits per heavy atom. The number of benzene rings is 7. The molecule has 0 radical (unpaired) electrons. The summed E-state index contributed by atoms with van der Waals surface area (Å²) in [6, 6.07) is 58.6. The molecule has 256 valence electrons. The van der Waals surface area contributed by atoms with E-state index in [1.807, 2.05) is 0 Å². The molecule has 0 aliphatic heterocycles. The molecule has 2 heteroatoms. The second-order valence-corrected chi connectivity index (χ2v) is 15.2. The van der Waals surface area contributed by atoms with Crippen molar-refractivity contribution >= 4 is 49.2 Å². The minimum Gasteiger partial charge on any atom is -0.309 e. The van der Waals surface area contributed by atoms with E-state index in [4.69, 9.17) is 0 Å². The number of rotatable bonds is 7. The largest absolute Gasteiger partial charge is 0.309 e. The summed E-state index contributed by atoms with van der Waals surface area (Å²) in [4.78, 5) is 0. The van der Waals surface area contributed by atoms with E-state index in [1.54, 1.807) is 0 Å². The Hall–Kier alpha value is -6.12. The summed E-state index contributed by atoms with van der Waals surface area (Å²) in [5.41, 5.74) is 16.5. The Morgan fingerprint density at radius 3 is 1.81 bits per heavy atom. The van der Waals surface area contributed by atoms with Gasteiger partial charge in [-0.3, -0.25) is 0 Å². The molecule has 2 aromatic heterocycles. The van der Waals surface area contributed by atoms with Gasteiger partial charge in [0.15, 0.2) is 0 Å². The molecule has 0 N–H and O–H groups in total. The molecule has 1 aliphatic rings. The first-order valence-corrected chi connectivity index (χ1v) is 19.1. The van der Waals surface area contributed by atoms with Crippen molar-refractivity contribution < 1.29 is 0 Å². The Balaban J connectivity index is 1.26. The fourth-order valence-electron chi connectivity index (χ4n) is 9.07. The fourth-order valence-corrected chi connectivity index (χ4v) is 9.07. The molecule has 10 rings (SSSR count). The summed E-state index contributed by atoms with van der Waals surface area (Å²) >= 11 is 0. The van der Waals surface area contributed by atoms with Crippen molar-refractivity contribution in [3.8, 4) is 22.5 Å². The van der Waals surface area contributed by atoms with E-state index in [1.165, 1.54) is 107 Å². The molecule has 0 amide bonds. The topological polar surface area (TPSA) is 9.86 Å². The van der Waals surface area contributed by atoms with Gasteiger partial charge in [0.2, 0.25) is 0 Å². The fraction of sp³-hybridized carbons (Fsp3) is 0.137. The maximum atomic E-state index is 2.51. The van der Waals surface area contributed by atoms with E-state index >= 15 is 0 Å². The number of hydrogen-bond acceptors (Lipinski definition) is 0. The average molecular weight is 683 g/mol. The van der Waals surface area contributed by atoms with E-state index in [-0.39, 0.29) is 5.41 Å². The highest BCUT2D eigenvalue weighted by molar-refractivity contribution is 6.19. The third-order valence-corrected chi connectivity index (χ3v) is 11.7. The number of hydrogen-bond donors (Lipinski definition) is 0. The number of unbranched alkanes of at least 4 members (excludes halogenated alkanes) is 2. The van der Waals surface area contributed by atoms with Gasteiger partial charge in [-0.2, -0.15) is 0 Å². The highest BCUT2D eigenvalue weighted by atomic mass is 15.0. The highest BCUT2D eigenvalue weighted by Gasteiger charge is 2.36. The number of allylic oxidation sites excluding steroid dienone is 1. The van der Waals surface area contributed by atoms with Gasteiger partial charge in [-0.05, 0) is 100.0 Å². The van der Waals surface area contributed by atoms with Gasteiger partial charge in [-0.15, -0.1) is 0 Å². The van der Waals surface area contributed by atoms with E-state index in [0.29, 0.717) is 0 Å². The van der Waals surface area contributed by atoms with Crippen molar-refractivity contribution in [3.63, 3.8) is 0 Å². The normalized spacial score (nSPS) is 13.7. The van der Waals surface area contributed by atoms with Crippen LogP contribution in [0.15, 0.2) is 164 Å². The molecule has 0 atom stereocenters. The zero-order valence-electron chi connectivity index (χ0n) is 30.6. The van der Waals surface area contributed by atoms with Crippen LogP contribution in [-0.2, 0) is 5.41 Å². The highest BCUT2D eigenvalue weighted by Crippen LogP contribution is 2.51. The van der Waals surface area contributed by atoms with Crippen molar-refractivity contribution in [3.05, 3.63) is 186 Å². The molecule has 9 aromatic rings. The van der Waals surface area contributed by atoms with Crippen LogP contribution in [0, 0.1) is 0 Å². The van der Waals surface area contributed by atoms with E-state index < -0.39 is 0 Å². The minimum atomic E-state index is -0.0861. The van der Waals surface area contributed by atoms with Crippen LogP contribution in [0.1, 0.15) is 62.3 Å². The summed E-state index contributed by atoms with van der Waals surface area (Å²) in [5, 5.41) is 5.10. The number of para-hydroxylation sites is 2. The molecule has 0 saturated carbocycles. The van der Waals surface area contributed by atoms with Gasteiger partial charge < -0.3 is 9.13 Å². The quantitative estimate of drug-likeness (QED) is 0.148. The molecule has 0 spiro atoms. The maximum absolute atomic E-state index is 2.51. The molecule has 0 fully saturated rings. The molecule has 1 aliphatic carbocycles. The summed E-state index contributed by atoms with van der Waals surface area (Å²) in [6.07, 6.45) is 5.88. The number of aromatic nitrogens is 2. The van der Waals surface area contributed by atoms with Crippen molar-refractivity contribution in [2.24, 2.45) is 0 Å². The van der Waals surface area contributed by atoms with Crippen LogP contribution in [0.3, 0.4) is 0 Å². The standard InChI is InChI=1S/C51H42N2/c1-4-5-8-21-38(34-17-9-6-10-18-34)35-26-28-37(29-27-35)53-48-31-41-39-22-13-15-24-45(39)51(2,3)46(41)30-42(48)44-33-49-43(32-50(44)53)40-23-14-16-25-47(40)52(49)36-19-11-7-12-20-36/h6-7,9-33H,4-5,8H2,1-3H3/b38-21-. The zero-order valence-corrected chi connectivity index (χ0v) is 30.6. The predicted molar refractivity (Wildman–Crippen MR) is 226 cm³/mol. The predicted octanol–water partition coefficient (Wildman–Crippen LogP) is 13.8. The van der Waals surface area contributed by atoms with Gasteiger partial charge in [-0.25, -0.2) is 0 Å². The van der Waals surface area contributed by atoms with Crippen LogP contribution in [0.4, 0.5) is 0 Å². The van der Waals surface area contributed by atoms with Crippen LogP contribution in [0.5, 0.6) is 0 Å². The first-order chi connectivity index (χ1) is 26.0. The molecular weight excluding hydrogens is 641 g/mol. The van der Waals surface area contributed by atoms with Crippen LogP contribution >= 0.6 is 0 Å². The lowest BCUT2D eigenvalue weighted by Crippen LogP contribution is -2.14. The van der Waals surface area contributed by atoms with Crippen molar-refractivity contribution in [1.29, 1.82) is 0 Å². The number of nitrogens with zero attached hydrogens (tertiary/aromatic N) is 2. The Kier molecular flexibility index (Phi) is 7.30. The summed E-state index contributed by atoms with van der Waals surface area (Å²) in [7, 11) is 0. The van der Waals surface area contributed by atoms with Crippen molar-refractivity contribution in [1.82, 2.24) is 9.13 Å². The first-order valence-electron chi connectivity index (χ1n) is 19.1. The van der Waals surface area contributed by atoms with Crippen LogP contribution in [-0.4, -0.2) is 9.13 Å². The third-order valence-electron chi connectivity index (χ3n) is 11.7. The summed E-state index contributed by atoms with van der Waals surface area (Å²) in [6.45, 7) is 7.02. The second-order valence-electron chi connectivity index (χ2n) is 15.2. The van der Waals surface area contributed by atoms with E-state index in [2.05, 4.69) is 194 Å². The second kappa shape index (κ2) is 12.2. The third kappa shape index (κ3) is 4.86. The molecule has 53 heavy (non-hydrogen) atoms. The average Bonchev–Trinajstić information content (AvgIpc) is 3.78. The Morgan fingerprint density at radius 2 is 1.06 bits per heavy atom. The van der Waals surface area contributed by atoms with E-state index in [9.17, 15) is 0 Å². The summed E-state index contributed by atoms with van der Waals surface area (Å²) < 4.78 is 4.95. The van der Waals surface area contributed by atoms with Gasteiger partial charge >= 0.3 is 0 Å². The Labute approximate surface area is 311 Å². The molecule has 2 nitrogen and oxygen atoms in total. The molecule has 7 aromatic carbocycles. The van der Waals surface area contributed by atoms with Crippen molar-refractivity contribution in [2.75, 3.05) is 0 Å². The Bertz CT molecular complexity index is 2860. The zero-order chi connectivity index (χ0) is 35.7. The van der Waals surface area contributed by atoms with Crippen LogP contribution < -0.4 is 0 Å². The molecular formula is C51H42N2. The smallest absolute Gasteiger partial charge is 0.0548 e. The van der Waals surface area contributed by atoms with Gasteiger partial charge in [0.05, 0.1) is 22.1 Å². The number of fused-ring (bicyclic) bond motifs is 9. The molecule has 0 saturated heterocycles. The van der Waals surface area contributed by atoms with Gasteiger partial charge in [0.1, 0.15) is 0 Å². The minimum absolute atomic E-state index is 0.0861. The first kappa shape index (κ1) is 31.6. The SMILES string of the molecule is CCCC/C=C(/c1ccccc1)c1ccc(-n2c3cc4c(cc3c3cc5c(cc32)c2ccccc2n5-c2ccccc2)C(C)(C)c2ccccc2-4)cc1. The summed E-state index contributed by atoms with van der Waals surface area (Å²) in [5.74, 6) is 0. The monoisotopic (exact) mass is 682 g/mol. The lowest BCUT2D eigenvalue weighted by molar-refractivity contribution is 0.661. The lowest BCUT2D eigenvalue weighted by atomic mass is 9.82. The maximum Gasteiger partial charge on any atom is 0.0548 e. The van der Waals surface area contributed by atoms with Gasteiger partial charge in [0, 0.05) is 38.3 Å². The van der Waals surface area contributed by atoms with Crippen LogP contribution in [0.25, 0.3) is 71.7 Å². The van der Waals surface area contributed by atoms with Gasteiger partial charge in [0.25, 0.3) is 0 Å². The van der Waals surface area contributed by atoms with Crippen molar-refractivity contribution in [2.45, 2.75) is 45.4 Å².